The first kappa shape index (κ1) is 12.0. The maximum atomic E-state index is 13.4. The number of fused-ring (bicyclic) bond motifs is 1. The van der Waals surface area contributed by atoms with E-state index in [1.54, 1.807) is 10.7 Å². The summed E-state index contributed by atoms with van der Waals surface area (Å²) in [4.78, 5) is 4.21. The lowest BCUT2D eigenvalue weighted by Gasteiger charge is -2.27. The van der Waals surface area contributed by atoms with Crippen molar-refractivity contribution in [2.45, 2.75) is 31.7 Å². The molecule has 100 valence electrons. The summed E-state index contributed by atoms with van der Waals surface area (Å²) in [5.74, 6) is 0.624. The van der Waals surface area contributed by atoms with Gasteiger partial charge in [-0.05, 0) is 24.1 Å². The molecule has 6 heteroatoms. The summed E-state index contributed by atoms with van der Waals surface area (Å²) < 4.78 is 15.2. The monoisotopic (exact) mass is 262 g/mol. The number of aromatic nitrogens is 3. The number of nitrogens with zero attached hydrogens (tertiary/aromatic N) is 3. The SMILES string of the molecule is CC1CC(c2ccc(O)c(F)c2)Cn2nc(N)nc21. The lowest BCUT2D eigenvalue weighted by atomic mass is 9.86. The molecule has 0 amide bonds. The molecule has 19 heavy (non-hydrogen) atoms. The minimum Gasteiger partial charge on any atom is -0.505 e. The number of phenolic OH excluding ortho intramolecular Hbond substituents is 1. The van der Waals surface area contributed by atoms with E-state index in [9.17, 15) is 9.50 Å². The number of benzene rings is 1. The van der Waals surface area contributed by atoms with E-state index in [0.717, 1.165) is 17.8 Å². The van der Waals surface area contributed by atoms with Crippen LogP contribution in [0.1, 0.15) is 36.6 Å². The molecule has 3 N–H and O–H groups in total. The molecule has 0 spiro atoms. The molecule has 2 aromatic rings. The van der Waals surface area contributed by atoms with Gasteiger partial charge in [-0.25, -0.2) is 9.07 Å². The molecule has 0 saturated heterocycles. The van der Waals surface area contributed by atoms with Crippen molar-refractivity contribution in [3.63, 3.8) is 0 Å². The second kappa shape index (κ2) is 4.22. The van der Waals surface area contributed by atoms with E-state index in [4.69, 9.17) is 5.73 Å². The van der Waals surface area contributed by atoms with Crippen LogP contribution in [0.3, 0.4) is 0 Å². The highest BCUT2D eigenvalue weighted by Gasteiger charge is 2.28. The van der Waals surface area contributed by atoms with Crippen LogP contribution in [-0.4, -0.2) is 19.9 Å². The van der Waals surface area contributed by atoms with E-state index in [2.05, 4.69) is 17.0 Å². The van der Waals surface area contributed by atoms with Crippen LogP contribution in [0, 0.1) is 5.82 Å². The molecule has 0 fully saturated rings. The van der Waals surface area contributed by atoms with Gasteiger partial charge in [-0.2, -0.15) is 4.98 Å². The van der Waals surface area contributed by atoms with Crippen LogP contribution in [0.25, 0.3) is 0 Å². The Morgan fingerprint density at radius 3 is 3.00 bits per heavy atom. The second-order valence-electron chi connectivity index (χ2n) is 5.05. The van der Waals surface area contributed by atoms with E-state index in [1.807, 2.05) is 0 Å². The number of aromatic hydroxyl groups is 1. The molecule has 2 atom stereocenters. The van der Waals surface area contributed by atoms with Crippen molar-refractivity contribution in [2.75, 3.05) is 5.73 Å². The van der Waals surface area contributed by atoms with Gasteiger partial charge in [0.05, 0.1) is 0 Å². The van der Waals surface area contributed by atoms with Crippen LogP contribution in [0.5, 0.6) is 5.75 Å². The van der Waals surface area contributed by atoms with Gasteiger partial charge in [0, 0.05) is 18.4 Å². The maximum Gasteiger partial charge on any atom is 0.239 e. The lowest BCUT2D eigenvalue weighted by molar-refractivity contribution is 0.379. The molecule has 1 aliphatic heterocycles. The predicted octanol–water partition coefficient (Wildman–Crippen LogP) is 2.00. The Morgan fingerprint density at radius 2 is 2.26 bits per heavy atom. The molecule has 3 rings (SSSR count). The molecule has 1 aliphatic rings. The number of halogens is 1. The molecule has 0 aliphatic carbocycles. The van der Waals surface area contributed by atoms with Crippen LogP contribution >= 0.6 is 0 Å². The second-order valence-corrected chi connectivity index (χ2v) is 5.05. The first-order valence-corrected chi connectivity index (χ1v) is 6.23. The largest absolute Gasteiger partial charge is 0.505 e. The number of rotatable bonds is 1. The Hall–Kier alpha value is -2.11. The molecular formula is C13H15FN4O. The summed E-state index contributed by atoms with van der Waals surface area (Å²) in [6, 6.07) is 4.53. The van der Waals surface area contributed by atoms with Gasteiger partial charge < -0.3 is 10.8 Å². The number of phenols is 1. The van der Waals surface area contributed by atoms with E-state index in [0.29, 0.717) is 6.54 Å². The summed E-state index contributed by atoms with van der Waals surface area (Å²) in [6.07, 6.45) is 0.863. The van der Waals surface area contributed by atoms with Gasteiger partial charge in [0.1, 0.15) is 5.82 Å². The molecular weight excluding hydrogens is 247 g/mol. The predicted molar refractivity (Wildman–Crippen MR) is 68.3 cm³/mol. The van der Waals surface area contributed by atoms with Gasteiger partial charge in [0.25, 0.3) is 0 Å². The summed E-state index contributed by atoms with van der Waals surface area (Å²) in [5.41, 5.74) is 6.48. The van der Waals surface area contributed by atoms with Crippen molar-refractivity contribution in [1.29, 1.82) is 0 Å². The average Bonchev–Trinajstić information content (AvgIpc) is 2.74. The van der Waals surface area contributed by atoms with Crippen LogP contribution in [0.15, 0.2) is 18.2 Å². The fraction of sp³-hybridized carbons (Fsp3) is 0.385. The molecule has 1 aromatic carbocycles. The van der Waals surface area contributed by atoms with Crippen molar-refractivity contribution in [3.05, 3.63) is 35.4 Å². The average molecular weight is 262 g/mol. The molecule has 0 saturated carbocycles. The fourth-order valence-corrected chi connectivity index (χ4v) is 2.71. The topological polar surface area (TPSA) is 77.0 Å². The zero-order valence-corrected chi connectivity index (χ0v) is 10.5. The number of nitrogen functional groups attached to an aromatic ring is 1. The third-order valence-corrected chi connectivity index (χ3v) is 3.63. The Kier molecular flexibility index (Phi) is 2.66. The van der Waals surface area contributed by atoms with Crippen molar-refractivity contribution >= 4 is 5.95 Å². The van der Waals surface area contributed by atoms with Crippen LogP contribution in [0.4, 0.5) is 10.3 Å². The minimum absolute atomic E-state index is 0.152. The van der Waals surface area contributed by atoms with Gasteiger partial charge in [-0.1, -0.05) is 13.0 Å². The fourth-order valence-electron chi connectivity index (χ4n) is 2.71. The molecule has 5 nitrogen and oxygen atoms in total. The Bertz CT molecular complexity index is 625. The van der Waals surface area contributed by atoms with Gasteiger partial charge in [-0.3, -0.25) is 0 Å². The highest BCUT2D eigenvalue weighted by Crippen LogP contribution is 2.36. The van der Waals surface area contributed by atoms with E-state index >= 15 is 0 Å². The summed E-state index contributed by atoms with van der Waals surface area (Å²) >= 11 is 0. The van der Waals surface area contributed by atoms with Gasteiger partial charge in [0.15, 0.2) is 11.6 Å². The highest BCUT2D eigenvalue weighted by atomic mass is 19.1. The smallest absolute Gasteiger partial charge is 0.239 e. The summed E-state index contributed by atoms with van der Waals surface area (Å²) in [6.45, 7) is 2.69. The number of nitrogens with two attached hydrogens (primary N) is 1. The Labute approximate surface area is 109 Å². The van der Waals surface area contributed by atoms with Crippen molar-refractivity contribution in [3.8, 4) is 5.75 Å². The van der Waals surface area contributed by atoms with E-state index in [-0.39, 0.29) is 23.5 Å². The van der Waals surface area contributed by atoms with Crippen LogP contribution in [0.2, 0.25) is 0 Å². The third-order valence-electron chi connectivity index (χ3n) is 3.63. The number of hydrogen-bond donors (Lipinski definition) is 2. The minimum atomic E-state index is -0.589. The lowest BCUT2D eigenvalue weighted by Crippen LogP contribution is -2.22. The summed E-state index contributed by atoms with van der Waals surface area (Å²) in [7, 11) is 0. The highest BCUT2D eigenvalue weighted by molar-refractivity contribution is 5.31. The van der Waals surface area contributed by atoms with Crippen LogP contribution < -0.4 is 5.73 Å². The Morgan fingerprint density at radius 1 is 1.47 bits per heavy atom. The zero-order valence-electron chi connectivity index (χ0n) is 10.5. The molecule has 0 radical (unpaired) electrons. The quantitative estimate of drug-likeness (QED) is 0.824. The number of hydrogen-bond acceptors (Lipinski definition) is 4. The number of anilines is 1. The Balaban J connectivity index is 1.94. The molecule has 1 aromatic heterocycles. The molecule has 2 unspecified atom stereocenters. The maximum absolute atomic E-state index is 13.4. The van der Waals surface area contributed by atoms with E-state index in [1.165, 1.54) is 12.1 Å². The first-order valence-electron chi connectivity index (χ1n) is 6.23. The normalized spacial score (nSPS) is 22.2. The first-order chi connectivity index (χ1) is 9.04. The van der Waals surface area contributed by atoms with Gasteiger partial charge >= 0.3 is 0 Å². The van der Waals surface area contributed by atoms with Gasteiger partial charge in [0.2, 0.25) is 5.95 Å². The third kappa shape index (κ3) is 2.03. The van der Waals surface area contributed by atoms with Crippen molar-refractivity contribution in [1.82, 2.24) is 14.8 Å². The van der Waals surface area contributed by atoms with Crippen molar-refractivity contribution < 1.29 is 9.50 Å². The van der Waals surface area contributed by atoms with Crippen molar-refractivity contribution in [2.24, 2.45) is 0 Å². The summed E-state index contributed by atoms with van der Waals surface area (Å²) in [5, 5.41) is 13.4. The van der Waals surface area contributed by atoms with E-state index < -0.39 is 5.82 Å². The van der Waals surface area contributed by atoms with Gasteiger partial charge in [-0.15, -0.1) is 5.10 Å². The molecule has 2 heterocycles. The van der Waals surface area contributed by atoms with Crippen LogP contribution in [-0.2, 0) is 6.54 Å². The zero-order chi connectivity index (χ0) is 13.6. The standard InChI is InChI=1S/C13H15FN4O/c1-7-4-9(6-18-12(7)16-13(15)17-18)8-2-3-11(19)10(14)5-8/h2-3,5,7,9,19H,4,6H2,1H3,(H2,15,17). The molecule has 0 bridgehead atoms.